The van der Waals surface area contributed by atoms with Gasteiger partial charge in [0.25, 0.3) is 0 Å². The molecule has 3 aromatic rings. The largest absolute Gasteiger partial charge is 0.457 e. The highest BCUT2D eigenvalue weighted by Gasteiger charge is 2.01. The molecule has 32 heavy (non-hydrogen) atoms. The van der Waals surface area contributed by atoms with Crippen LogP contribution in [0.5, 0.6) is 23.0 Å². The summed E-state index contributed by atoms with van der Waals surface area (Å²) in [6, 6.07) is 23.6. The Hall–Kier alpha value is -2.74. The first kappa shape index (κ1) is 27.3. The summed E-state index contributed by atoms with van der Waals surface area (Å²) in [5.41, 5.74) is 2.42. The van der Waals surface area contributed by atoms with Crippen LogP contribution < -0.4 is 9.47 Å². The molecule has 0 saturated heterocycles. The van der Waals surface area contributed by atoms with Gasteiger partial charge in [0.1, 0.15) is 23.0 Å². The van der Waals surface area contributed by atoms with Crippen molar-refractivity contribution in [3.8, 4) is 23.0 Å². The standard InChI is InChI=1S/C20H18O2.C7H16.C3H8/c1-15-6-10-17(11-7-15)21-19-4-3-5-20(14-19)22-18-12-8-16(2)9-13-18;1-4-6-7(3)5-2;1-3-2/h3-14H,1-2H3;7H,4-6H2,1-3H3;3H2,1-2H3. The molecule has 0 radical (unpaired) electrons. The van der Waals surface area contributed by atoms with Crippen LogP contribution in [0.2, 0.25) is 0 Å². The number of aryl methyl sites for hydroxylation is 2. The van der Waals surface area contributed by atoms with Crippen molar-refractivity contribution in [3.05, 3.63) is 83.9 Å². The van der Waals surface area contributed by atoms with Crippen LogP contribution in [-0.2, 0) is 0 Å². The van der Waals surface area contributed by atoms with Gasteiger partial charge in [-0.1, -0.05) is 102 Å². The van der Waals surface area contributed by atoms with E-state index in [1.165, 1.54) is 36.8 Å². The quantitative estimate of drug-likeness (QED) is 0.368. The van der Waals surface area contributed by atoms with Gasteiger partial charge in [-0.15, -0.1) is 0 Å². The Morgan fingerprint density at radius 2 is 1.03 bits per heavy atom. The number of hydrogen-bond donors (Lipinski definition) is 0. The lowest BCUT2D eigenvalue weighted by Crippen LogP contribution is -1.88. The Labute approximate surface area is 196 Å². The smallest absolute Gasteiger partial charge is 0.131 e. The molecule has 0 aromatic heterocycles. The molecule has 3 aromatic carbocycles. The van der Waals surface area contributed by atoms with E-state index >= 15 is 0 Å². The molecule has 1 unspecified atom stereocenters. The Morgan fingerprint density at radius 1 is 0.625 bits per heavy atom. The lowest BCUT2D eigenvalue weighted by atomic mass is 10.0. The average molecular weight is 435 g/mol. The van der Waals surface area contributed by atoms with E-state index in [1.807, 2.05) is 72.8 Å². The summed E-state index contributed by atoms with van der Waals surface area (Å²) in [5, 5.41) is 0. The van der Waals surface area contributed by atoms with Crippen LogP contribution in [0.3, 0.4) is 0 Å². The minimum atomic E-state index is 0.758. The summed E-state index contributed by atoms with van der Waals surface area (Å²) in [6.07, 6.45) is 5.33. The zero-order valence-electron chi connectivity index (χ0n) is 21.2. The molecule has 0 bridgehead atoms. The third-order valence-electron chi connectivity index (χ3n) is 4.80. The van der Waals surface area contributed by atoms with E-state index < -0.39 is 0 Å². The maximum absolute atomic E-state index is 5.85. The normalized spacial score (nSPS) is 10.7. The fourth-order valence-electron chi connectivity index (χ4n) is 2.78. The summed E-state index contributed by atoms with van der Waals surface area (Å²) >= 11 is 0. The highest BCUT2D eigenvalue weighted by molar-refractivity contribution is 5.40. The second-order valence-electron chi connectivity index (χ2n) is 8.31. The van der Waals surface area contributed by atoms with Gasteiger partial charge in [0.2, 0.25) is 0 Å². The maximum Gasteiger partial charge on any atom is 0.131 e. The van der Waals surface area contributed by atoms with Crippen molar-refractivity contribution in [3.63, 3.8) is 0 Å². The number of hydrogen-bond acceptors (Lipinski definition) is 2. The van der Waals surface area contributed by atoms with Crippen LogP contribution in [0.1, 0.15) is 71.4 Å². The molecule has 0 heterocycles. The van der Waals surface area contributed by atoms with Gasteiger partial charge in [0, 0.05) is 6.07 Å². The molecular weight excluding hydrogens is 392 g/mol. The van der Waals surface area contributed by atoms with Gasteiger partial charge in [0.05, 0.1) is 0 Å². The van der Waals surface area contributed by atoms with Crippen molar-refractivity contribution >= 4 is 0 Å². The van der Waals surface area contributed by atoms with Crippen molar-refractivity contribution in [1.82, 2.24) is 0 Å². The second-order valence-corrected chi connectivity index (χ2v) is 8.31. The van der Waals surface area contributed by atoms with Crippen LogP contribution in [0.25, 0.3) is 0 Å². The first-order valence-corrected chi connectivity index (χ1v) is 12.0. The van der Waals surface area contributed by atoms with Gasteiger partial charge >= 0.3 is 0 Å². The number of rotatable bonds is 7. The predicted molar refractivity (Wildman–Crippen MR) is 139 cm³/mol. The first-order valence-electron chi connectivity index (χ1n) is 12.0. The lowest BCUT2D eigenvalue weighted by molar-refractivity contribution is 0.460. The molecule has 0 saturated carbocycles. The molecule has 0 N–H and O–H groups in total. The van der Waals surface area contributed by atoms with E-state index in [4.69, 9.17) is 9.47 Å². The Balaban J connectivity index is 0.000000433. The molecule has 2 heteroatoms. The minimum absolute atomic E-state index is 0.758. The van der Waals surface area contributed by atoms with Gasteiger partial charge in [-0.2, -0.15) is 0 Å². The van der Waals surface area contributed by atoms with E-state index in [0.29, 0.717) is 0 Å². The topological polar surface area (TPSA) is 18.5 Å². The number of ether oxygens (including phenoxy) is 2. The summed E-state index contributed by atoms with van der Waals surface area (Å²) in [4.78, 5) is 0. The Morgan fingerprint density at radius 3 is 1.34 bits per heavy atom. The Bertz CT molecular complexity index is 788. The van der Waals surface area contributed by atoms with Crippen molar-refractivity contribution < 1.29 is 9.47 Å². The average Bonchev–Trinajstić information content (AvgIpc) is 2.78. The molecule has 0 aliphatic carbocycles. The number of benzene rings is 3. The third kappa shape index (κ3) is 11.6. The Kier molecular flexibility index (Phi) is 13.6. The highest BCUT2D eigenvalue weighted by Crippen LogP contribution is 2.28. The highest BCUT2D eigenvalue weighted by atomic mass is 16.5. The van der Waals surface area contributed by atoms with Crippen LogP contribution in [0.4, 0.5) is 0 Å². The molecule has 174 valence electrons. The molecule has 0 amide bonds. The first-order chi connectivity index (χ1) is 15.4. The van der Waals surface area contributed by atoms with E-state index in [0.717, 1.165) is 28.9 Å². The van der Waals surface area contributed by atoms with E-state index in [2.05, 4.69) is 48.5 Å². The zero-order chi connectivity index (χ0) is 23.8. The molecule has 0 aliphatic rings. The molecular formula is C30H42O2. The van der Waals surface area contributed by atoms with Gasteiger partial charge in [0.15, 0.2) is 0 Å². The summed E-state index contributed by atoms with van der Waals surface area (Å²) in [5.74, 6) is 4.10. The van der Waals surface area contributed by atoms with Gasteiger partial charge < -0.3 is 9.47 Å². The van der Waals surface area contributed by atoms with Crippen molar-refractivity contribution in [2.75, 3.05) is 0 Å². The van der Waals surface area contributed by atoms with Crippen LogP contribution >= 0.6 is 0 Å². The van der Waals surface area contributed by atoms with E-state index in [9.17, 15) is 0 Å². The second kappa shape index (κ2) is 16.0. The van der Waals surface area contributed by atoms with E-state index in [1.54, 1.807) is 0 Å². The summed E-state index contributed by atoms with van der Waals surface area (Å²) < 4.78 is 11.7. The summed E-state index contributed by atoms with van der Waals surface area (Å²) in [7, 11) is 0. The van der Waals surface area contributed by atoms with Gasteiger partial charge in [-0.25, -0.2) is 0 Å². The molecule has 0 aliphatic heterocycles. The molecule has 2 nitrogen and oxygen atoms in total. The van der Waals surface area contributed by atoms with Crippen molar-refractivity contribution in [2.24, 2.45) is 5.92 Å². The monoisotopic (exact) mass is 434 g/mol. The zero-order valence-corrected chi connectivity index (χ0v) is 21.2. The lowest BCUT2D eigenvalue weighted by Gasteiger charge is -2.09. The van der Waals surface area contributed by atoms with Crippen LogP contribution in [0, 0.1) is 19.8 Å². The predicted octanol–water partition coefficient (Wildman–Crippen LogP) is 10.1. The van der Waals surface area contributed by atoms with Gasteiger partial charge in [-0.3, -0.25) is 0 Å². The van der Waals surface area contributed by atoms with Gasteiger partial charge in [-0.05, 0) is 56.2 Å². The van der Waals surface area contributed by atoms with Crippen LogP contribution in [-0.4, -0.2) is 0 Å². The van der Waals surface area contributed by atoms with E-state index in [-0.39, 0.29) is 0 Å². The molecule has 0 fully saturated rings. The minimum Gasteiger partial charge on any atom is -0.457 e. The molecule has 1 atom stereocenters. The van der Waals surface area contributed by atoms with Crippen molar-refractivity contribution in [2.45, 2.75) is 74.1 Å². The molecule has 3 rings (SSSR count). The SMILES string of the molecule is CCC.CCCC(C)CC.Cc1ccc(Oc2cccc(Oc3ccc(C)cc3)c2)cc1. The third-order valence-corrected chi connectivity index (χ3v) is 4.80. The maximum atomic E-state index is 5.85. The van der Waals surface area contributed by atoms with Crippen LogP contribution in [0.15, 0.2) is 72.8 Å². The van der Waals surface area contributed by atoms with Crippen molar-refractivity contribution in [1.29, 1.82) is 0 Å². The fraction of sp³-hybridized carbons (Fsp3) is 0.400. The molecule has 0 spiro atoms. The summed E-state index contributed by atoms with van der Waals surface area (Å²) in [6.45, 7) is 15.2. The fourth-order valence-corrected chi connectivity index (χ4v) is 2.78.